The van der Waals surface area contributed by atoms with Gasteiger partial charge < -0.3 is 9.13 Å². The number of benzene rings is 5. The number of hydrogen-bond acceptors (Lipinski definition) is 1. The Balaban J connectivity index is 1.75. The lowest BCUT2D eigenvalue weighted by molar-refractivity contribution is 1.14. The van der Waals surface area contributed by atoms with Gasteiger partial charge in [0, 0.05) is 21.5 Å². The zero-order valence-corrected chi connectivity index (χ0v) is 17.9. The Labute approximate surface area is 229 Å². The molecule has 4 heteroatoms. The molecule has 2 heterocycles. The van der Waals surface area contributed by atoms with Crippen LogP contribution in [0.25, 0.3) is 59.8 Å². The molecule has 0 aliphatic rings. The van der Waals surface area contributed by atoms with Crippen molar-refractivity contribution in [2.75, 3.05) is 0 Å². The smallest absolute Gasteiger partial charge is 0.212 e. The second kappa shape index (κ2) is 7.60. The molecule has 4 nitrogen and oxygen atoms in total. The van der Waals surface area contributed by atoms with Gasteiger partial charge in [-0.1, -0.05) is 72.5 Å². The molecule has 0 saturated carbocycles. The van der Waals surface area contributed by atoms with E-state index in [-0.39, 0.29) is 66.2 Å². The van der Waals surface area contributed by atoms with Gasteiger partial charge in [0.25, 0.3) is 0 Å². The summed E-state index contributed by atoms with van der Waals surface area (Å²) in [6.45, 7) is 8.17. The van der Waals surface area contributed by atoms with Crippen LogP contribution in [-0.2, 0) is 0 Å². The summed E-state index contributed by atoms with van der Waals surface area (Å²) in [6, 6.07) is -6.37. The molecule has 0 unspecified atom stereocenters. The Hall–Kier alpha value is -5.32. The van der Waals surface area contributed by atoms with Crippen molar-refractivity contribution in [1.29, 1.82) is 5.26 Å². The Morgan fingerprint density at radius 1 is 0.611 bits per heavy atom. The second-order valence-corrected chi connectivity index (χ2v) is 7.65. The maximum Gasteiger partial charge on any atom is 0.212 e. The molecule has 5 aromatic carbocycles. The average Bonchev–Trinajstić information content (AvgIpc) is 3.68. The van der Waals surface area contributed by atoms with E-state index in [0.29, 0.717) is 0 Å². The zero-order chi connectivity index (χ0) is 38.1. The predicted octanol–water partition coefficient (Wildman–Crippen LogP) is 8.30. The van der Waals surface area contributed by atoms with Gasteiger partial charge >= 0.3 is 0 Å². The summed E-state index contributed by atoms with van der Waals surface area (Å²) in [4.78, 5) is 3.59. The van der Waals surface area contributed by atoms with E-state index in [1.807, 2.05) is 6.07 Å². The molecule has 0 saturated heterocycles. The molecule has 2 aromatic heterocycles. The monoisotopic (exact) mass is 474 g/mol. The lowest BCUT2D eigenvalue weighted by Crippen LogP contribution is -2.01. The quantitative estimate of drug-likeness (QED) is 0.232. The lowest BCUT2D eigenvalue weighted by atomic mass is 10.1. The summed E-state index contributed by atoms with van der Waals surface area (Å²) in [7, 11) is 0. The fourth-order valence-corrected chi connectivity index (χ4v) is 4.43. The van der Waals surface area contributed by atoms with Gasteiger partial charge in [0.1, 0.15) is 6.07 Å². The van der Waals surface area contributed by atoms with E-state index in [2.05, 4.69) is 4.85 Å². The van der Waals surface area contributed by atoms with Crippen LogP contribution in [0.5, 0.6) is 0 Å². The molecule has 0 spiro atoms. The molecule has 0 aliphatic carbocycles. The van der Waals surface area contributed by atoms with Crippen molar-refractivity contribution in [3.8, 4) is 17.4 Å². The number of rotatable bonds is 2. The van der Waals surface area contributed by atoms with Crippen LogP contribution in [-0.4, -0.2) is 9.13 Å². The van der Waals surface area contributed by atoms with Gasteiger partial charge in [-0.15, -0.1) is 0 Å². The number of aromatic nitrogens is 2. The van der Waals surface area contributed by atoms with E-state index in [1.165, 1.54) is 0 Å². The molecule has 0 bridgehead atoms. The van der Waals surface area contributed by atoms with Crippen molar-refractivity contribution in [3.63, 3.8) is 0 Å². The maximum absolute atomic E-state index is 10.6. The number of nitrogens with zero attached hydrogens (tertiary/aromatic N) is 4. The van der Waals surface area contributed by atoms with E-state index < -0.39 is 96.7 Å². The first-order chi connectivity index (χ1) is 24.4. The Bertz CT molecular complexity index is 2590. The minimum Gasteiger partial charge on any atom is -0.319 e. The van der Waals surface area contributed by atoms with Crippen LogP contribution in [0.3, 0.4) is 0 Å². The largest absolute Gasteiger partial charge is 0.319 e. The Morgan fingerprint density at radius 3 is 1.39 bits per heavy atom. The van der Waals surface area contributed by atoms with E-state index >= 15 is 0 Å². The third-order valence-electron chi connectivity index (χ3n) is 5.88. The van der Waals surface area contributed by atoms with Crippen molar-refractivity contribution >= 4 is 49.3 Å². The highest BCUT2D eigenvalue weighted by Crippen LogP contribution is 2.39. The summed E-state index contributed by atoms with van der Waals surface area (Å²) in [5, 5.41) is 9.53. The van der Waals surface area contributed by atoms with E-state index in [0.717, 1.165) is 21.3 Å². The highest BCUT2D eigenvalue weighted by atomic mass is 15.0. The minimum absolute atomic E-state index is 0.239. The van der Waals surface area contributed by atoms with E-state index in [4.69, 9.17) is 28.5 Å². The van der Waals surface area contributed by atoms with Crippen LogP contribution >= 0.6 is 0 Å². The van der Waals surface area contributed by atoms with Crippen LogP contribution in [0, 0.1) is 17.9 Å². The molecular formula is C32H18N4. The Morgan fingerprint density at radius 2 is 1.00 bits per heavy atom. The van der Waals surface area contributed by atoms with Crippen molar-refractivity contribution in [1.82, 2.24) is 9.13 Å². The van der Waals surface area contributed by atoms with Crippen molar-refractivity contribution in [3.05, 3.63) is 126 Å². The average molecular weight is 475 g/mol. The van der Waals surface area contributed by atoms with Crippen LogP contribution in [0.4, 0.5) is 5.69 Å². The molecular weight excluding hydrogens is 440 g/mol. The molecule has 0 aliphatic heterocycles. The summed E-state index contributed by atoms with van der Waals surface area (Å²) >= 11 is 0. The number of hydrogen-bond donors (Lipinski definition) is 0. The van der Waals surface area contributed by atoms with Crippen LogP contribution in [0.1, 0.15) is 27.5 Å². The predicted molar refractivity (Wildman–Crippen MR) is 146 cm³/mol. The molecule has 0 atom stereocenters. The number of para-hydroxylation sites is 4. The first-order valence-electron chi connectivity index (χ1n) is 18.4. The van der Waals surface area contributed by atoms with Gasteiger partial charge in [-0.25, -0.2) is 4.85 Å². The number of nitriles is 1. The molecule has 0 fully saturated rings. The summed E-state index contributed by atoms with van der Waals surface area (Å²) in [5.41, 5.74) is -2.42. The zero-order valence-electron chi connectivity index (χ0n) is 33.9. The number of fused-ring (bicyclic) bond motifs is 6. The van der Waals surface area contributed by atoms with Gasteiger partial charge in [-0.3, -0.25) is 0 Å². The Kier molecular flexibility index (Phi) is 2.06. The van der Waals surface area contributed by atoms with Gasteiger partial charge in [-0.2, -0.15) is 5.26 Å². The second-order valence-electron chi connectivity index (χ2n) is 7.65. The lowest BCUT2D eigenvalue weighted by Gasteiger charge is -2.15. The summed E-state index contributed by atoms with van der Waals surface area (Å²) < 4.78 is 139. The van der Waals surface area contributed by atoms with Gasteiger partial charge in [-0.05, 0) is 36.3 Å². The molecule has 36 heavy (non-hydrogen) atoms. The van der Waals surface area contributed by atoms with Gasteiger partial charge in [0.15, 0.2) is 0 Å². The highest BCUT2D eigenvalue weighted by molar-refractivity contribution is 6.11. The van der Waals surface area contributed by atoms with Gasteiger partial charge in [0.2, 0.25) is 5.69 Å². The topological polar surface area (TPSA) is 38.0 Å². The fraction of sp³-hybridized carbons (Fsp3) is 0. The first-order valence-corrected chi connectivity index (χ1v) is 10.4. The van der Waals surface area contributed by atoms with Crippen molar-refractivity contribution in [2.45, 2.75) is 0 Å². The van der Waals surface area contributed by atoms with Gasteiger partial charge in [0.05, 0.1) is 67.5 Å². The van der Waals surface area contributed by atoms with Crippen LogP contribution < -0.4 is 0 Å². The van der Waals surface area contributed by atoms with Crippen LogP contribution in [0.15, 0.2) is 109 Å². The van der Waals surface area contributed by atoms with E-state index in [9.17, 15) is 5.26 Å². The summed E-state index contributed by atoms with van der Waals surface area (Å²) in [5.74, 6) is 0. The van der Waals surface area contributed by atoms with Crippen molar-refractivity contribution in [2.24, 2.45) is 0 Å². The van der Waals surface area contributed by atoms with Crippen LogP contribution in [0.2, 0.25) is 0 Å². The maximum atomic E-state index is 10.6. The molecule has 0 radical (unpaired) electrons. The normalized spacial score (nSPS) is 17.5. The summed E-state index contributed by atoms with van der Waals surface area (Å²) in [6.07, 6.45) is 0. The highest BCUT2D eigenvalue weighted by Gasteiger charge is 2.20. The molecule has 166 valence electrons. The fourth-order valence-electron chi connectivity index (χ4n) is 4.43. The van der Waals surface area contributed by atoms with Crippen molar-refractivity contribution < 1.29 is 21.9 Å². The van der Waals surface area contributed by atoms with E-state index in [1.54, 1.807) is 0 Å². The third kappa shape index (κ3) is 2.67. The first kappa shape index (κ1) is 9.74. The molecule has 0 N–H and O–H groups in total. The molecule has 0 amide bonds. The third-order valence-corrected chi connectivity index (χ3v) is 5.88. The minimum atomic E-state index is -0.703. The standard InChI is InChI=1S/C32H18N4/c1-34-26-19-31(35-27-14-6-2-10-22(27)23-11-3-7-15-28(23)35)21(20-33)18-32(26)36-29-16-8-4-12-24(29)25-13-5-9-17-30(25)36/h2-19H/i2D,3D,4D,5D,6D,7D,8D,9D,10D,11D,12D,13D,14D,15D,16D,17D. The molecule has 7 rings (SSSR count). The molecule has 7 aromatic rings. The SMILES string of the molecule is [2H]c1c([2H])c([2H])c2c(c1[2H])c1c([2H])c([2H])c([2H])c([2H])c1n2-c1cc([N+]#[C-])c(-n2c3c([2H])c([2H])c([2H])c([2H])c3c3c([2H])c([2H])c([2H])c([2H])c32)cc1C#N.